The standard InChI is InChI=1S/C18H30N2/c1-3-5-13-20(16-17-9-7-6-8-10-17)18-11-14-19(4-2)15-12-18/h6-10,18H,3-5,11-16H2,1-2H3. The maximum atomic E-state index is 2.73. The number of unbranched alkanes of at least 4 members (excludes halogenated alkanes) is 1. The van der Waals surface area contributed by atoms with Gasteiger partial charge in [0, 0.05) is 12.6 Å². The Kier molecular flexibility index (Phi) is 6.55. The van der Waals surface area contributed by atoms with E-state index in [1.165, 1.54) is 57.4 Å². The van der Waals surface area contributed by atoms with Gasteiger partial charge in [0.1, 0.15) is 0 Å². The normalized spacial score (nSPS) is 17.8. The second kappa shape index (κ2) is 8.43. The number of hydrogen-bond acceptors (Lipinski definition) is 2. The average Bonchev–Trinajstić information content (AvgIpc) is 2.52. The van der Waals surface area contributed by atoms with Crippen molar-refractivity contribution in [3.8, 4) is 0 Å². The highest BCUT2D eigenvalue weighted by atomic mass is 15.2. The molecule has 112 valence electrons. The number of piperidine rings is 1. The zero-order valence-electron chi connectivity index (χ0n) is 13.2. The van der Waals surface area contributed by atoms with E-state index in [4.69, 9.17) is 0 Å². The van der Waals surface area contributed by atoms with E-state index in [-0.39, 0.29) is 0 Å². The van der Waals surface area contributed by atoms with E-state index in [0.29, 0.717) is 0 Å². The molecule has 0 aromatic heterocycles. The van der Waals surface area contributed by atoms with Crippen molar-refractivity contribution in [3.05, 3.63) is 35.9 Å². The monoisotopic (exact) mass is 274 g/mol. The van der Waals surface area contributed by atoms with Crippen molar-refractivity contribution < 1.29 is 0 Å². The van der Waals surface area contributed by atoms with Crippen LogP contribution in [0.1, 0.15) is 45.1 Å². The Morgan fingerprint density at radius 3 is 2.40 bits per heavy atom. The van der Waals surface area contributed by atoms with Gasteiger partial charge in [-0.15, -0.1) is 0 Å². The van der Waals surface area contributed by atoms with Crippen LogP contribution in [-0.4, -0.2) is 42.0 Å². The van der Waals surface area contributed by atoms with Crippen molar-refractivity contribution in [1.29, 1.82) is 0 Å². The van der Waals surface area contributed by atoms with Gasteiger partial charge in [-0.2, -0.15) is 0 Å². The highest BCUT2D eigenvalue weighted by Crippen LogP contribution is 2.19. The van der Waals surface area contributed by atoms with Crippen molar-refractivity contribution in [3.63, 3.8) is 0 Å². The summed E-state index contributed by atoms with van der Waals surface area (Å²) in [4.78, 5) is 5.31. The van der Waals surface area contributed by atoms with E-state index < -0.39 is 0 Å². The Balaban J connectivity index is 1.93. The van der Waals surface area contributed by atoms with E-state index in [1.807, 2.05) is 0 Å². The van der Waals surface area contributed by atoms with Gasteiger partial charge in [0.15, 0.2) is 0 Å². The van der Waals surface area contributed by atoms with E-state index in [9.17, 15) is 0 Å². The number of rotatable bonds is 7. The van der Waals surface area contributed by atoms with Crippen LogP contribution < -0.4 is 0 Å². The van der Waals surface area contributed by atoms with Gasteiger partial charge in [-0.3, -0.25) is 4.90 Å². The van der Waals surface area contributed by atoms with Gasteiger partial charge < -0.3 is 4.90 Å². The molecule has 0 saturated carbocycles. The SMILES string of the molecule is CCCCN(Cc1ccccc1)C1CCN(CC)CC1. The maximum Gasteiger partial charge on any atom is 0.0236 e. The first-order chi connectivity index (χ1) is 9.83. The van der Waals surface area contributed by atoms with Crippen molar-refractivity contribution in [2.24, 2.45) is 0 Å². The van der Waals surface area contributed by atoms with Crippen LogP contribution in [0.25, 0.3) is 0 Å². The summed E-state index contributed by atoms with van der Waals surface area (Å²) in [6, 6.07) is 11.7. The van der Waals surface area contributed by atoms with E-state index in [0.717, 1.165) is 12.6 Å². The van der Waals surface area contributed by atoms with Crippen LogP contribution in [-0.2, 0) is 6.54 Å². The molecule has 0 spiro atoms. The van der Waals surface area contributed by atoms with Crippen LogP contribution >= 0.6 is 0 Å². The summed E-state index contributed by atoms with van der Waals surface area (Å²) in [5.74, 6) is 0. The fourth-order valence-corrected chi connectivity index (χ4v) is 3.17. The maximum absolute atomic E-state index is 2.73. The molecule has 2 nitrogen and oxygen atoms in total. The molecular formula is C18H30N2. The third-order valence-corrected chi connectivity index (χ3v) is 4.55. The minimum absolute atomic E-state index is 0.782. The zero-order chi connectivity index (χ0) is 14.2. The molecule has 1 aliphatic rings. The summed E-state index contributed by atoms with van der Waals surface area (Å²) in [6.07, 6.45) is 5.29. The van der Waals surface area contributed by atoms with Crippen molar-refractivity contribution in [2.45, 2.75) is 52.1 Å². The van der Waals surface area contributed by atoms with E-state index in [1.54, 1.807) is 0 Å². The minimum atomic E-state index is 0.782. The smallest absolute Gasteiger partial charge is 0.0236 e. The Hall–Kier alpha value is -0.860. The second-order valence-corrected chi connectivity index (χ2v) is 5.98. The molecule has 20 heavy (non-hydrogen) atoms. The molecule has 0 amide bonds. The molecule has 0 atom stereocenters. The highest BCUT2D eigenvalue weighted by Gasteiger charge is 2.23. The molecule has 1 heterocycles. The molecule has 0 aliphatic carbocycles. The number of likely N-dealkylation sites (tertiary alicyclic amines) is 1. The lowest BCUT2D eigenvalue weighted by molar-refractivity contribution is 0.104. The summed E-state index contributed by atoms with van der Waals surface area (Å²) in [6.45, 7) is 10.7. The number of benzene rings is 1. The lowest BCUT2D eigenvalue weighted by atomic mass is 10.0. The molecule has 0 radical (unpaired) electrons. The van der Waals surface area contributed by atoms with Gasteiger partial charge >= 0.3 is 0 Å². The lowest BCUT2D eigenvalue weighted by Gasteiger charge is -2.38. The van der Waals surface area contributed by atoms with Crippen molar-refractivity contribution in [1.82, 2.24) is 9.80 Å². The van der Waals surface area contributed by atoms with Crippen molar-refractivity contribution in [2.75, 3.05) is 26.2 Å². The third kappa shape index (κ3) is 4.60. The fraction of sp³-hybridized carbons (Fsp3) is 0.667. The van der Waals surface area contributed by atoms with Crippen molar-refractivity contribution >= 4 is 0 Å². The predicted octanol–water partition coefficient (Wildman–Crippen LogP) is 3.77. The zero-order valence-corrected chi connectivity index (χ0v) is 13.2. The van der Waals surface area contributed by atoms with Crippen LogP contribution in [0.3, 0.4) is 0 Å². The molecular weight excluding hydrogens is 244 g/mol. The molecule has 1 saturated heterocycles. The Bertz CT molecular complexity index is 355. The van der Waals surface area contributed by atoms with Gasteiger partial charge in [0.2, 0.25) is 0 Å². The first-order valence-electron chi connectivity index (χ1n) is 8.33. The summed E-state index contributed by atoms with van der Waals surface area (Å²) >= 11 is 0. The number of nitrogens with zero attached hydrogens (tertiary/aromatic N) is 2. The predicted molar refractivity (Wildman–Crippen MR) is 86.9 cm³/mol. The summed E-state index contributed by atoms with van der Waals surface area (Å²) < 4.78 is 0. The lowest BCUT2D eigenvalue weighted by Crippen LogP contribution is -2.44. The molecule has 0 bridgehead atoms. The second-order valence-electron chi connectivity index (χ2n) is 5.98. The molecule has 0 N–H and O–H groups in total. The van der Waals surface area contributed by atoms with Gasteiger partial charge in [-0.1, -0.05) is 50.6 Å². The summed E-state index contributed by atoms with van der Waals surface area (Å²) in [5, 5.41) is 0. The van der Waals surface area contributed by atoms with Gasteiger partial charge in [-0.05, 0) is 51.0 Å². The Morgan fingerprint density at radius 2 is 1.80 bits per heavy atom. The van der Waals surface area contributed by atoms with Gasteiger partial charge in [0.25, 0.3) is 0 Å². The van der Waals surface area contributed by atoms with Gasteiger partial charge in [-0.25, -0.2) is 0 Å². The van der Waals surface area contributed by atoms with Crippen LogP contribution in [0.15, 0.2) is 30.3 Å². The first-order valence-corrected chi connectivity index (χ1v) is 8.33. The fourth-order valence-electron chi connectivity index (χ4n) is 3.17. The molecule has 2 heteroatoms. The topological polar surface area (TPSA) is 6.48 Å². The molecule has 1 aliphatic heterocycles. The molecule has 1 fully saturated rings. The van der Waals surface area contributed by atoms with E-state index >= 15 is 0 Å². The average molecular weight is 274 g/mol. The van der Waals surface area contributed by atoms with Crippen LogP contribution in [0.5, 0.6) is 0 Å². The Morgan fingerprint density at radius 1 is 1.10 bits per heavy atom. The minimum Gasteiger partial charge on any atom is -0.303 e. The van der Waals surface area contributed by atoms with Crippen LogP contribution in [0, 0.1) is 0 Å². The first kappa shape index (κ1) is 15.5. The third-order valence-electron chi connectivity index (χ3n) is 4.55. The van der Waals surface area contributed by atoms with Gasteiger partial charge in [0.05, 0.1) is 0 Å². The van der Waals surface area contributed by atoms with E-state index in [2.05, 4.69) is 54.0 Å². The quantitative estimate of drug-likeness (QED) is 0.747. The summed E-state index contributed by atoms with van der Waals surface area (Å²) in [5.41, 5.74) is 1.46. The highest BCUT2D eigenvalue weighted by molar-refractivity contribution is 5.14. The van der Waals surface area contributed by atoms with Crippen LogP contribution in [0.4, 0.5) is 0 Å². The molecule has 0 unspecified atom stereocenters. The number of hydrogen-bond donors (Lipinski definition) is 0. The Labute approximate surface area is 124 Å². The van der Waals surface area contributed by atoms with Crippen LogP contribution in [0.2, 0.25) is 0 Å². The molecule has 2 rings (SSSR count). The molecule has 1 aromatic rings. The summed E-state index contributed by atoms with van der Waals surface area (Å²) in [7, 11) is 0. The molecule has 1 aromatic carbocycles. The largest absolute Gasteiger partial charge is 0.303 e.